The van der Waals surface area contributed by atoms with Crippen molar-refractivity contribution < 1.29 is 0 Å². The van der Waals surface area contributed by atoms with Gasteiger partial charge in [-0.25, -0.2) is 5.10 Å². The Bertz CT molecular complexity index is 471. The molecule has 2 rings (SSSR count). The summed E-state index contributed by atoms with van der Waals surface area (Å²) >= 11 is 0. The van der Waals surface area contributed by atoms with Gasteiger partial charge in [-0.05, 0) is 13.0 Å². The van der Waals surface area contributed by atoms with E-state index in [-0.39, 0.29) is 5.56 Å². The highest BCUT2D eigenvalue weighted by Crippen LogP contribution is 2.05. The molecule has 0 aliphatic heterocycles. The SMILES string of the molecule is Cc1nccc2nn[nH]c(=O)c12. The summed E-state index contributed by atoms with van der Waals surface area (Å²) in [6.45, 7) is 1.76. The van der Waals surface area contributed by atoms with Gasteiger partial charge in [0, 0.05) is 6.20 Å². The van der Waals surface area contributed by atoms with E-state index in [9.17, 15) is 4.79 Å². The molecule has 2 aromatic rings. The summed E-state index contributed by atoms with van der Waals surface area (Å²) in [6.07, 6.45) is 1.60. The van der Waals surface area contributed by atoms with E-state index in [4.69, 9.17) is 0 Å². The first-order valence-corrected chi connectivity index (χ1v) is 3.46. The molecule has 0 atom stereocenters. The van der Waals surface area contributed by atoms with Crippen LogP contribution in [0.15, 0.2) is 17.1 Å². The highest BCUT2D eigenvalue weighted by Gasteiger charge is 2.02. The summed E-state index contributed by atoms with van der Waals surface area (Å²) < 4.78 is 0. The van der Waals surface area contributed by atoms with Crippen molar-refractivity contribution in [3.8, 4) is 0 Å². The average molecular weight is 162 g/mol. The highest BCUT2D eigenvalue weighted by atomic mass is 16.1. The molecular formula is C7H6N4O. The van der Waals surface area contributed by atoms with Gasteiger partial charge < -0.3 is 0 Å². The van der Waals surface area contributed by atoms with Crippen LogP contribution in [0.1, 0.15) is 5.69 Å². The van der Waals surface area contributed by atoms with E-state index >= 15 is 0 Å². The first-order valence-electron chi connectivity index (χ1n) is 3.46. The molecule has 0 spiro atoms. The molecule has 0 amide bonds. The Morgan fingerprint density at radius 3 is 3.08 bits per heavy atom. The largest absolute Gasteiger partial charge is 0.276 e. The van der Waals surface area contributed by atoms with Gasteiger partial charge in [-0.2, -0.15) is 0 Å². The van der Waals surface area contributed by atoms with E-state index in [0.29, 0.717) is 16.6 Å². The minimum atomic E-state index is -0.245. The van der Waals surface area contributed by atoms with Gasteiger partial charge in [-0.3, -0.25) is 9.78 Å². The van der Waals surface area contributed by atoms with Crippen LogP contribution in [0.25, 0.3) is 10.9 Å². The maximum absolute atomic E-state index is 11.2. The Labute approximate surface area is 67.5 Å². The van der Waals surface area contributed by atoms with Crippen molar-refractivity contribution in [3.63, 3.8) is 0 Å². The Morgan fingerprint density at radius 1 is 1.50 bits per heavy atom. The third kappa shape index (κ3) is 0.868. The molecule has 1 N–H and O–H groups in total. The summed E-state index contributed by atoms with van der Waals surface area (Å²) in [5.41, 5.74) is 1.00. The Hall–Kier alpha value is -1.78. The number of pyridine rings is 1. The molecule has 0 saturated heterocycles. The summed E-state index contributed by atoms with van der Waals surface area (Å²) in [6, 6.07) is 1.66. The average Bonchev–Trinajstić information content (AvgIpc) is 2.04. The molecule has 2 aromatic heterocycles. The summed E-state index contributed by atoms with van der Waals surface area (Å²) in [5.74, 6) is 0. The minimum absolute atomic E-state index is 0.245. The van der Waals surface area contributed by atoms with E-state index in [2.05, 4.69) is 20.4 Å². The van der Waals surface area contributed by atoms with Gasteiger partial charge in [0.1, 0.15) is 5.52 Å². The molecule has 12 heavy (non-hydrogen) atoms. The van der Waals surface area contributed by atoms with Crippen molar-refractivity contribution in [2.75, 3.05) is 0 Å². The zero-order chi connectivity index (χ0) is 8.55. The lowest BCUT2D eigenvalue weighted by atomic mass is 10.2. The smallest absolute Gasteiger partial charge is 0.267 e. The van der Waals surface area contributed by atoms with Crippen molar-refractivity contribution >= 4 is 10.9 Å². The monoisotopic (exact) mass is 162 g/mol. The Balaban J connectivity index is 3.07. The molecule has 60 valence electrons. The predicted molar refractivity (Wildman–Crippen MR) is 42.7 cm³/mol. The van der Waals surface area contributed by atoms with Crippen molar-refractivity contribution in [3.05, 3.63) is 28.3 Å². The molecule has 0 unspecified atom stereocenters. The van der Waals surface area contributed by atoms with Crippen LogP contribution in [0, 0.1) is 6.92 Å². The molecule has 0 radical (unpaired) electrons. The maximum atomic E-state index is 11.2. The number of hydrogen-bond acceptors (Lipinski definition) is 4. The first kappa shape index (κ1) is 6.90. The Kier molecular flexibility index (Phi) is 1.36. The van der Waals surface area contributed by atoms with Crippen molar-refractivity contribution in [1.29, 1.82) is 0 Å². The lowest BCUT2D eigenvalue weighted by Crippen LogP contribution is -2.11. The molecular weight excluding hydrogens is 156 g/mol. The summed E-state index contributed by atoms with van der Waals surface area (Å²) in [7, 11) is 0. The fraction of sp³-hybridized carbons (Fsp3) is 0.143. The van der Waals surface area contributed by atoms with Gasteiger partial charge in [-0.15, -0.1) is 5.10 Å². The number of aromatic amines is 1. The van der Waals surface area contributed by atoms with Crippen LogP contribution >= 0.6 is 0 Å². The third-order valence-electron chi connectivity index (χ3n) is 1.65. The lowest BCUT2D eigenvalue weighted by molar-refractivity contribution is 0.869. The molecule has 0 aliphatic carbocycles. The van der Waals surface area contributed by atoms with Crippen LogP contribution in [0.2, 0.25) is 0 Å². The van der Waals surface area contributed by atoms with E-state index in [0.717, 1.165) is 0 Å². The predicted octanol–water partition coefficient (Wildman–Crippen LogP) is 0.0215. The van der Waals surface area contributed by atoms with E-state index < -0.39 is 0 Å². The second-order valence-electron chi connectivity index (χ2n) is 2.43. The van der Waals surface area contributed by atoms with Crippen LogP contribution in [0.3, 0.4) is 0 Å². The van der Waals surface area contributed by atoms with Crippen LogP contribution < -0.4 is 5.56 Å². The van der Waals surface area contributed by atoms with Crippen molar-refractivity contribution in [2.45, 2.75) is 6.92 Å². The number of aromatic nitrogens is 4. The van der Waals surface area contributed by atoms with Gasteiger partial charge in [0.15, 0.2) is 0 Å². The van der Waals surface area contributed by atoms with Gasteiger partial charge in [0.05, 0.1) is 11.1 Å². The van der Waals surface area contributed by atoms with Crippen LogP contribution in [0.5, 0.6) is 0 Å². The quantitative estimate of drug-likeness (QED) is 0.592. The number of rotatable bonds is 0. The molecule has 0 aliphatic rings. The third-order valence-corrected chi connectivity index (χ3v) is 1.65. The maximum Gasteiger partial charge on any atom is 0.276 e. The normalized spacial score (nSPS) is 10.4. The minimum Gasteiger partial charge on any atom is -0.267 e. The van der Waals surface area contributed by atoms with Crippen LogP contribution in [-0.2, 0) is 0 Å². The first-order chi connectivity index (χ1) is 5.79. The van der Waals surface area contributed by atoms with Gasteiger partial charge in [0.2, 0.25) is 0 Å². The highest BCUT2D eigenvalue weighted by molar-refractivity contribution is 5.78. The second-order valence-corrected chi connectivity index (χ2v) is 2.43. The van der Waals surface area contributed by atoms with Crippen molar-refractivity contribution in [2.24, 2.45) is 0 Å². The van der Waals surface area contributed by atoms with Crippen molar-refractivity contribution in [1.82, 2.24) is 20.4 Å². The molecule has 5 nitrogen and oxygen atoms in total. The zero-order valence-corrected chi connectivity index (χ0v) is 6.40. The van der Waals surface area contributed by atoms with Gasteiger partial charge >= 0.3 is 0 Å². The number of nitrogens with zero attached hydrogens (tertiary/aromatic N) is 3. The number of fused-ring (bicyclic) bond motifs is 1. The zero-order valence-electron chi connectivity index (χ0n) is 6.40. The van der Waals surface area contributed by atoms with Gasteiger partial charge in [0.25, 0.3) is 5.56 Å². The van der Waals surface area contributed by atoms with Gasteiger partial charge in [-0.1, -0.05) is 5.21 Å². The Morgan fingerprint density at radius 2 is 2.33 bits per heavy atom. The molecule has 0 fully saturated rings. The van der Waals surface area contributed by atoms with Crippen LogP contribution in [-0.4, -0.2) is 20.4 Å². The molecule has 5 heteroatoms. The summed E-state index contributed by atoms with van der Waals surface area (Å²) in [5, 5.41) is 9.96. The molecule has 0 aromatic carbocycles. The fourth-order valence-electron chi connectivity index (χ4n) is 1.10. The molecule has 0 saturated carbocycles. The lowest BCUT2D eigenvalue weighted by Gasteiger charge is -1.95. The van der Waals surface area contributed by atoms with E-state index in [1.165, 1.54) is 0 Å². The number of aryl methyl sites for hydroxylation is 1. The molecule has 0 bridgehead atoms. The number of hydrogen-bond donors (Lipinski definition) is 1. The second kappa shape index (κ2) is 2.37. The fourth-order valence-corrected chi connectivity index (χ4v) is 1.10. The van der Waals surface area contributed by atoms with E-state index in [1.54, 1.807) is 19.2 Å². The topological polar surface area (TPSA) is 71.5 Å². The van der Waals surface area contributed by atoms with Crippen LogP contribution in [0.4, 0.5) is 0 Å². The molecule has 2 heterocycles. The number of nitrogens with one attached hydrogen (secondary N) is 1. The number of H-pyrrole nitrogens is 1. The van der Waals surface area contributed by atoms with E-state index in [1.807, 2.05) is 0 Å². The summed E-state index contributed by atoms with van der Waals surface area (Å²) in [4.78, 5) is 15.2. The standard InChI is InChI=1S/C7H6N4O/c1-4-6-5(2-3-8-4)9-11-10-7(6)12/h2-3H,1H3,(H,9,10,12).